The Kier molecular flexibility index (Phi) is 7.39. The van der Waals surface area contributed by atoms with Crippen LogP contribution in [0.2, 0.25) is 0 Å². The summed E-state index contributed by atoms with van der Waals surface area (Å²) in [4.78, 5) is 0.106. The standard InChI is InChI=1S/C6H7Br7O/c1-3(7)5(10,11)6(12,13)4(8,9)2-14/h3,14H,2H2,1H3. The smallest absolute Gasteiger partial charge is 0.134 e. The Morgan fingerprint density at radius 3 is 1.64 bits per heavy atom. The second-order valence-electron chi connectivity index (χ2n) is 2.68. The van der Waals surface area contributed by atoms with E-state index < -0.39 is 9.70 Å². The Hall–Kier alpha value is 3.32. The fourth-order valence-electron chi connectivity index (χ4n) is 0.593. The van der Waals surface area contributed by atoms with Crippen molar-refractivity contribution in [2.45, 2.75) is 21.5 Å². The number of aliphatic hydroxyl groups excluding tert-OH is 1. The summed E-state index contributed by atoms with van der Waals surface area (Å²) in [6.45, 7) is 1.89. The van der Waals surface area contributed by atoms with E-state index in [1.54, 1.807) is 0 Å². The van der Waals surface area contributed by atoms with Gasteiger partial charge in [-0.25, -0.2) is 0 Å². The molecule has 0 bridgehead atoms. The molecule has 0 aromatic rings. The summed E-state index contributed by atoms with van der Waals surface area (Å²) >= 11 is 24.4. The van der Waals surface area contributed by atoms with Crippen LogP contribution < -0.4 is 0 Å². The molecular formula is C6H7Br7O. The van der Waals surface area contributed by atoms with E-state index in [4.69, 9.17) is 0 Å². The molecule has 0 aromatic heterocycles. The summed E-state index contributed by atoms with van der Waals surface area (Å²) in [5.41, 5.74) is 0. The number of halogens is 7. The molecule has 8 heteroatoms. The normalized spacial score (nSPS) is 16.9. The molecule has 0 radical (unpaired) electrons. The predicted octanol–water partition coefficient (Wildman–Crippen LogP) is 5.22. The van der Waals surface area contributed by atoms with Crippen molar-refractivity contribution in [1.82, 2.24) is 0 Å². The maximum atomic E-state index is 9.26. The second-order valence-corrected chi connectivity index (χ2v) is 14.8. The van der Waals surface area contributed by atoms with E-state index in [9.17, 15) is 5.11 Å². The number of hydrogen-bond donors (Lipinski definition) is 1. The minimum atomic E-state index is -0.706. The highest BCUT2D eigenvalue weighted by Gasteiger charge is 2.58. The molecule has 0 rings (SSSR count). The molecule has 0 aromatic carbocycles. The number of alkyl halides is 7. The van der Waals surface area contributed by atoms with E-state index in [2.05, 4.69) is 112 Å². The Bertz CT molecular complexity index is 200. The van der Waals surface area contributed by atoms with Gasteiger partial charge in [0.05, 0.1) is 6.61 Å². The number of aliphatic hydroxyl groups is 1. The summed E-state index contributed by atoms with van der Waals surface area (Å²) in [6.07, 6.45) is 0. The van der Waals surface area contributed by atoms with Gasteiger partial charge < -0.3 is 5.11 Å². The Morgan fingerprint density at radius 2 is 1.43 bits per heavy atom. The summed E-state index contributed by atoms with van der Waals surface area (Å²) in [5.74, 6) is 0. The van der Waals surface area contributed by atoms with Gasteiger partial charge in [-0.1, -0.05) is 118 Å². The molecule has 0 amide bonds. The highest BCUT2D eigenvalue weighted by Crippen LogP contribution is 2.61. The highest BCUT2D eigenvalue weighted by molar-refractivity contribution is 9.33. The fraction of sp³-hybridized carbons (Fsp3) is 1.00. The van der Waals surface area contributed by atoms with E-state index in [-0.39, 0.29) is 11.4 Å². The molecule has 0 saturated heterocycles. The van der Waals surface area contributed by atoms with Gasteiger partial charge in [-0.05, 0) is 0 Å². The average Bonchev–Trinajstić information content (AvgIpc) is 2.03. The molecular weight excluding hydrogens is 647 g/mol. The monoisotopic (exact) mass is 647 g/mol. The van der Waals surface area contributed by atoms with Crippen LogP contribution in [-0.2, 0) is 0 Å². The van der Waals surface area contributed by atoms with Gasteiger partial charge in [0.25, 0.3) is 0 Å². The Balaban J connectivity index is 5.14. The molecule has 0 aliphatic carbocycles. The van der Waals surface area contributed by atoms with E-state index in [1.165, 1.54) is 0 Å². The van der Waals surface area contributed by atoms with Crippen molar-refractivity contribution < 1.29 is 5.11 Å². The zero-order valence-corrected chi connectivity index (χ0v) is 18.0. The van der Waals surface area contributed by atoms with Gasteiger partial charge in [-0.3, -0.25) is 0 Å². The largest absolute Gasteiger partial charge is 0.394 e. The third kappa shape index (κ3) is 3.42. The Labute approximate surface area is 142 Å². The van der Waals surface area contributed by atoms with Gasteiger partial charge in [0, 0.05) is 4.83 Å². The van der Waals surface area contributed by atoms with Gasteiger partial charge in [0.15, 0.2) is 0 Å². The van der Waals surface area contributed by atoms with Crippen LogP contribution in [0.15, 0.2) is 0 Å². The van der Waals surface area contributed by atoms with Crippen LogP contribution in [0, 0.1) is 0 Å². The van der Waals surface area contributed by atoms with Crippen LogP contribution >= 0.6 is 112 Å². The highest BCUT2D eigenvalue weighted by atomic mass is 79.9. The van der Waals surface area contributed by atoms with E-state index >= 15 is 0 Å². The molecule has 1 nitrogen and oxygen atoms in total. The molecule has 0 spiro atoms. The summed E-state index contributed by atoms with van der Waals surface area (Å²) in [7, 11) is 0. The first-order chi connectivity index (χ1) is 6.00. The Morgan fingerprint density at radius 1 is 1.07 bits per heavy atom. The molecule has 0 fully saturated rings. The van der Waals surface area contributed by atoms with Crippen molar-refractivity contribution in [2.75, 3.05) is 6.61 Å². The van der Waals surface area contributed by atoms with E-state index in [0.717, 1.165) is 0 Å². The van der Waals surface area contributed by atoms with Crippen LogP contribution in [0.3, 0.4) is 0 Å². The lowest BCUT2D eigenvalue weighted by Gasteiger charge is -2.43. The van der Waals surface area contributed by atoms with Crippen molar-refractivity contribution in [1.29, 1.82) is 0 Å². The zero-order valence-electron chi connectivity index (χ0n) is 6.88. The van der Waals surface area contributed by atoms with Crippen molar-refractivity contribution in [3.05, 3.63) is 0 Å². The molecule has 14 heavy (non-hydrogen) atoms. The maximum Gasteiger partial charge on any atom is 0.134 e. The van der Waals surface area contributed by atoms with Crippen LogP contribution in [0.25, 0.3) is 0 Å². The van der Waals surface area contributed by atoms with Gasteiger partial charge >= 0.3 is 0 Å². The van der Waals surface area contributed by atoms with Crippen LogP contribution in [0.5, 0.6) is 0 Å². The average molecular weight is 654 g/mol. The van der Waals surface area contributed by atoms with Crippen molar-refractivity contribution >= 4 is 112 Å². The van der Waals surface area contributed by atoms with Crippen LogP contribution in [0.1, 0.15) is 6.92 Å². The summed E-state index contributed by atoms with van der Waals surface area (Å²) in [5, 5.41) is 9.26. The van der Waals surface area contributed by atoms with Crippen molar-refractivity contribution in [2.24, 2.45) is 0 Å². The SMILES string of the molecule is CC(Br)C(Br)(Br)C(Br)(Br)C(Br)(Br)CO. The maximum absolute atomic E-state index is 9.26. The summed E-state index contributed by atoms with van der Waals surface area (Å²) < 4.78 is -1.84. The molecule has 0 aliphatic rings. The lowest BCUT2D eigenvalue weighted by Crippen LogP contribution is -2.52. The van der Waals surface area contributed by atoms with Crippen molar-refractivity contribution in [3.8, 4) is 0 Å². The topological polar surface area (TPSA) is 20.2 Å². The quantitative estimate of drug-likeness (QED) is 0.413. The molecule has 86 valence electrons. The molecule has 1 unspecified atom stereocenters. The van der Waals surface area contributed by atoms with Crippen molar-refractivity contribution in [3.63, 3.8) is 0 Å². The third-order valence-electron chi connectivity index (χ3n) is 1.58. The van der Waals surface area contributed by atoms with E-state index in [0.29, 0.717) is 0 Å². The zero-order chi connectivity index (χ0) is 11.8. The molecule has 0 heterocycles. The summed E-state index contributed by atoms with van der Waals surface area (Å²) in [6, 6.07) is 0. The van der Waals surface area contributed by atoms with Gasteiger partial charge in [-0.15, -0.1) is 0 Å². The molecule has 0 aliphatic heterocycles. The first-order valence-electron chi connectivity index (χ1n) is 3.39. The van der Waals surface area contributed by atoms with Gasteiger partial charge in [0.2, 0.25) is 0 Å². The fourth-order valence-corrected chi connectivity index (χ4v) is 4.85. The first-order valence-corrected chi connectivity index (χ1v) is 9.06. The first kappa shape index (κ1) is 17.3. The second kappa shape index (κ2) is 5.97. The van der Waals surface area contributed by atoms with Gasteiger partial charge in [-0.2, -0.15) is 0 Å². The number of rotatable bonds is 4. The van der Waals surface area contributed by atoms with Crippen LogP contribution in [0.4, 0.5) is 0 Å². The third-order valence-corrected chi connectivity index (χ3v) is 14.6. The van der Waals surface area contributed by atoms with E-state index in [1.807, 2.05) is 6.92 Å². The minimum Gasteiger partial charge on any atom is -0.394 e. The predicted molar refractivity (Wildman–Crippen MR) is 87.2 cm³/mol. The lowest BCUT2D eigenvalue weighted by molar-refractivity contribution is 0.283. The minimum absolute atomic E-state index is 0.0951. The van der Waals surface area contributed by atoms with Crippen LogP contribution in [-0.4, -0.2) is 26.2 Å². The lowest BCUT2D eigenvalue weighted by atomic mass is 10.2. The molecule has 0 saturated carbocycles. The number of hydrogen-bond acceptors (Lipinski definition) is 1. The molecule has 1 N–H and O–H groups in total. The van der Waals surface area contributed by atoms with Gasteiger partial charge in [0.1, 0.15) is 9.70 Å². The molecule has 1 atom stereocenters.